The molecule has 1 unspecified atom stereocenters. The van der Waals surface area contributed by atoms with Crippen LogP contribution in [0.1, 0.15) is 62.3 Å². The Morgan fingerprint density at radius 3 is 2.73 bits per heavy atom. The van der Waals surface area contributed by atoms with Gasteiger partial charge in [-0.3, -0.25) is 9.59 Å². The van der Waals surface area contributed by atoms with Crippen molar-refractivity contribution in [2.24, 2.45) is 10.2 Å². The molecule has 2 amide bonds. The predicted octanol–water partition coefficient (Wildman–Crippen LogP) is 3.69. The van der Waals surface area contributed by atoms with E-state index in [0.717, 1.165) is 33.8 Å². The highest BCUT2D eigenvalue weighted by Crippen LogP contribution is 2.38. The van der Waals surface area contributed by atoms with Crippen LogP contribution in [0, 0.1) is 6.92 Å². The lowest BCUT2D eigenvalue weighted by atomic mass is 9.90. The third-order valence-corrected chi connectivity index (χ3v) is 8.68. The number of rotatable bonds is 11. The number of ether oxygens (including phenoxy) is 2. The summed E-state index contributed by atoms with van der Waals surface area (Å²) in [5, 5.41) is 21.2. The summed E-state index contributed by atoms with van der Waals surface area (Å²) < 4.78 is 11.2. The van der Waals surface area contributed by atoms with Crippen LogP contribution >= 0.6 is 11.3 Å². The Balaban J connectivity index is 1.44. The van der Waals surface area contributed by atoms with Crippen molar-refractivity contribution in [3.05, 3.63) is 63.3 Å². The Morgan fingerprint density at radius 1 is 1.22 bits per heavy atom. The molecule has 1 saturated heterocycles. The molecular weight excluding hydrogens is 598 g/mol. The first-order chi connectivity index (χ1) is 21.8. The van der Waals surface area contributed by atoms with Crippen molar-refractivity contribution < 1.29 is 29.0 Å². The van der Waals surface area contributed by atoms with Crippen molar-refractivity contribution in [1.82, 2.24) is 20.2 Å². The van der Waals surface area contributed by atoms with Gasteiger partial charge in [0.15, 0.2) is 5.82 Å². The topological polar surface area (TPSA) is 159 Å². The van der Waals surface area contributed by atoms with E-state index in [0.29, 0.717) is 66.4 Å². The van der Waals surface area contributed by atoms with Crippen molar-refractivity contribution in [1.29, 1.82) is 0 Å². The maximum atomic E-state index is 12.8. The number of amides is 2. The van der Waals surface area contributed by atoms with Crippen LogP contribution in [0.2, 0.25) is 0 Å². The van der Waals surface area contributed by atoms with E-state index in [4.69, 9.17) is 14.5 Å². The van der Waals surface area contributed by atoms with Crippen LogP contribution in [0.4, 0.5) is 16.6 Å². The lowest BCUT2D eigenvalue weighted by Crippen LogP contribution is -2.48. The van der Waals surface area contributed by atoms with Crippen molar-refractivity contribution in [3.8, 4) is 0 Å². The van der Waals surface area contributed by atoms with E-state index >= 15 is 0 Å². The minimum atomic E-state index is -0.445. The minimum Gasteiger partial charge on any atom is -0.462 e. The van der Waals surface area contributed by atoms with Crippen LogP contribution in [-0.4, -0.2) is 90.3 Å². The number of hydrogen-bond acceptors (Lipinski definition) is 12. The standard InChI is InChI=1S/C31H37N7O6S/c1-4-37(12-13-39)29(41)21-8-6-20(7-9-21)14-22-17-43-18-23-24(38-11-10-32-26(40)16-38)15-25(34-27(22)23)35-36-31-33-19(3)28(45-31)30(42)44-5-2/h6-9,15,22,39H,4-5,10-14,16-18H2,1-3H3,(H,32,40). The lowest BCUT2D eigenvalue weighted by molar-refractivity contribution is -0.120. The van der Waals surface area contributed by atoms with Crippen LogP contribution in [0.25, 0.3) is 0 Å². The minimum absolute atomic E-state index is 0.0664. The van der Waals surface area contributed by atoms with Gasteiger partial charge in [-0.1, -0.05) is 23.5 Å². The lowest BCUT2D eigenvalue weighted by Gasteiger charge is -2.34. The number of thiazole rings is 1. The fourth-order valence-corrected chi connectivity index (χ4v) is 6.23. The van der Waals surface area contributed by atoms with Crippen molar-refractivity contribution in [2.45, 2.75) is 39.7 Å². The Morgan fingerprint density at radius 2 is 2.02 bits per heavy atom. The SMILES string of the molecule is CCOC(=O)c1sc(N=Nc2cc(N3CCNC(=O)C3)c3c(n2)C(Cc2ccc(C(=O)N(CC)CCO)cc2)COC3)nc1C. The monoisotopic (exact) mass is 635 g/mol. The molecule has 1 atom stereocenters. The second-order valence-corrected chi connectivity index (χ2v) is 11.7. The van der Waals surface area contributed by atoms with Gasteiger partial charge < -0.3 is 29.7 Å². The molecule has 0 spiro atoms. The zero-order valence-electron chi connectivity index (χ0n) is 25.6. The molecule has 238 valence electrons. The number of aromatic nitrogens is 2. The Labute approximate surface area is 265 Å². The van der Waals surface area contributed by atoms with Gasteiger partial charge in [0.25, 0.3) is 5.91 Å². The van der Waals surface area contributed by atoms with E-state index < -0.39 is 5.97 Å². The highest BCUT2D eigenvalue weighted by atomic mass is 32.1. The molecule has 1 fully saturated rings. The third-order valence-electron chi connectivity index (χ3n) is 7.66. The smallest absolute Gasteiger partial charge is 0.350 e. The number of nitrogens with one attached hydrogen (secondary N) is 1. The van der Waals surface area contributed by atoms with Gasteiger partial charge in [-0.2, -0.15) is 0 Å². The molecule has 2 N–H and O–H groups in total. The summed E-state index contributed by atoms with van der Waals surface area (Å²) >= 11 is 1.10. The summed E-state index contributed by atoms with van der Waals surface area (Å²) in [4.78, 5) is 50.6. The number of anilines is 1. The maximum Gasteiger partial charge on any atom is 0.350 e. The van der Waals surface area contributed by atoms with E-state index in [1.54, 1.807) is 30.9 Å². The quantitative estimate of drug-likeness (QED) is 0.237. The molecule has 1 aromatic carbocycles. The summed E-state index contributed by atoms with van der Waals surface area (Å²) in [6.45, 7) is 8.46. The molecule has 0 bridgehead atoms. The molecule has 0 aliphatic carbocycles. The molecule has 0 saturated carbocycles. The number of hydrogen-bond donors (Lipinski definition) is 2. The van der Waals surface area contributed by atoms with E-state index in [2.05, 4.69) is 20.5 Å². The van der Waals surface area contributed by atoms with Gasteiger partial charge in [-0.15, -0.1) is 10.2 Å². The Bertz CT molecular complexity index is 1580. The number of benzene rings is 1. The van der Waals surface area contributed by atoms with Gasteiger partial charge in [0.2, 0.25) is 11.0 Å². The number of fused-ring (bicyclic) bond motifs is 1. The number of carbonyl (C=O) groups excluding carboxylic acids is 3. The predicted molar refractivity (Wildman–Crippen MR) is 168 cm³/mol. The van der Waals surface area contributed by atoms with Crippen molar-refractivity contribution in [2.75, 3.05) is 57.4 Å². The van der Waals surface area contributed by atoms with Crippen molar-refractivity contribution >= 4 is 45.8 Å². The van der Waals surface area contributed by atoms with Crippen LogP contribution in [0.3, 0.4) is 0 Å². The summed E-state index contributed by atoms with van der Waals surface area (Å²) in [7, 11) is 0. The number of pyridine rings is 1. The number of aliphatic hydroxyl groups is 1. The fraction of sp³-hybridized carbons (Fsp3) is 0.452. The Hall–Kier alpha value is -4.27. The second-order valence-electron chi connectivity index (χ2n) is 10.7. The number of carbonyl (C=O) groups is 3. The molecule has 4 heterocycles. The summed E-state index contributed by atoms with van der Waals surface area (Å²) in [5.74, 6) is -0.387. The van der Waals surface area contributed by atoms with Gasteiger partial charge in [0.05, 0.1) is 44.4 Å². The molecule has 0 radical (unpaired) electrons. The van der Waals surface area contributed by atoms with Gasteiger partial charge in [0.1, 0.15) is 4.88 Å². The van der Waals surface area contributed by atoms with E-state index in [-0.39, 0.29) is 44.0 Å². The summed E-state index contributed by atoms with van der Waals surface area (Å²) in [6.07, 6.45) is 0.609. The van der Waals surface area contributed by atoms with Gasteiger partial charge in [-0.25, -0.2) is 14.8 Å². The fourth-order valence-electron chi connectivity index (χ4n) is 5.44. The summed E-state index contributed by atoms with van der Waals surface area (Å²) in [5.41, 5.74) is 4.64. The molecule has 2 aromatic heterocycles. The highest BCUT2D eigenvalue weighted by molar-refractivity contribution is 7.17. The number of azo groups is 1. The van der Waals surface area contributed by atoms with Crippen molar-refractivity contribution in [3.63, 3.8) is 0 Å². The molecular formula is C31H37N7O6S. The molecule has 2 aliphatic rings. The number of piperazine rings is 1. The zero-order valence-corrected chi connectivity index (χ0v) is 26.4. The maximum absolute atomic E-state index is 12.8. The number of aryl methyl sites for hydroxylation is 1. The average molecular weight is 636 g/mol. The number of esters is 1. The van der Waals surface area contributed by atoms with E-state index in [1.807, 2.05) is 30.0 Å². The van der Waals surface area contributed by atoms with Crippen LogP contribution < -0.4 is 10.2 Å². The molecule has 2 aliphatic heterocycles. The first-order valence-electron chi connectivity index (χ1n) is 15.0. The van der Waals surface area contributed by atoms with E-state index in [9.17, 15) is 19.5 Å². The number of aliphatic hydroxyl groups excluding tert-OH is 1. The van der Waals surface area contributed by atoms with Crippen LogP contribution in [0.15, 0.2) is 40.6 Å². The molecule has 14 heteroatoms. The third kappa shape index (κ3) is 7.52. The Kier molecular flexibility index (Phi) is 10.5. The van der Waals surface area contributed by atoms with Crippen LogP contribution in [0.5, 0.6) is 0 Å². The molecule has 5 rings (SSSR count). The zero-order chi connectivity index (χ0) is 31.9. The molecule has 13 nitrogen and oxygen atoms in total. The largest absolute Gasteiger partial charge is 0.462 e. The van der Waals surface area contributed by atoms with Gasteiger partial charge in [-0.05, 0) is 44.9 Å². The molecule has 45 heavy (non-hydrogen) atoms. The number of nitrogens with zero attached hydrogens (tertiary/aromatic N) is 6. The first kappa shape index (κ1) is 32.1. The first-order valence-corrected chi connectivity index (χ1v) is 15.8. The van der Waals surface area contributed by atoms with Gasteiger partial charge >= 0.3 is 5.97 Å². The normalized spacial score (nSPS) is 16.4. The van der Waals surface area contributed by atoms with E-state index in [1.165, 1.54) is 0 Å². The second kappa shape index (κ2) is 14.7. The van der Waals surface area contributed by atoms with Gasteiger partial charge in [0, 0.05) is 55.0 Å². The summed E-state index contributed by atoms with van der Waals surface area (Å²) in [6, 6.07) is 9.28. The highest BCUT2D eigenvalue weighted by Gasteiger charge is 2.30. The van der Waals surface area contributed by atoms with Crippen LogP contribution in [-0.2, 0) is 27.3 Å². The molecule has 3 aromatic rings. The average Bonchev–Trinajstić information content (AvgIpc) is 3.43. The number of likely N-dealkylation sites (N-methyl/N-ethyl adjacent to an activating group) is 1.